The fourth-order valence-electron chi connectivity index (χ4n) is 0.951. The Balaban J connectivity index is 2.56. The highest BCUT2D eigenvalue weighted by atomic mass is 15.3. The summed E-state index contributed by atoms with van der Waals surface area (Å²) in [5.41, 5.74) is 1.25. The summed E-state index contributed by atoms with van der Waals surface area (Å²) in [5, 5.41) is 0. The van der Waals surface area contributed by atoms with Crippen molar-refractivity contribution in [3.05, 3.63) is 0 Å². The van der Waals surface area contributed by atoms with Crippen molar-refractivity contribution in [1.29, 1.82) is 0 Å². The van der Waals surface area contributed by atoms with Crippen LogP contribution in [0.25, 0.3) is 0 Å². The quantitative estimate of drug-likeness (QED) is 0.451. The van der Waals surface area contributed by atoms with Gasteiger partial charge >= 0.3 is 0 Å². The molecule has 1 aliphatic heterocycles. The molecule has 1 rings (SSSR count). The minimum Gasteiger partial charge on any atom is -0.280 e. The Morgan fingerprint density at radius 2 is 2.38 bits per heavy atom. The van der Waals surface area contributed by atoms with Crippen LogP contribution in [0.1, 0.15) is 13.8 Å². The lowest BCUT2D eigenvalue weighted by Gasteiger charge is -2.10. The molecular formula is C6H12N2. The number of rotatable bonds is 0. The molecule has 8 heavy (non-hydrogen) atoms. The lowest BCUT2D eigenvalue weighted by molar-refractivity contribution is 0.326. The Morgan fingerprint density at radius 1 is 1.75 bits per heavy atom. The van der Waals surface area contributed by atoms with Crippen LogP contribution in [0.5, 0.6) is 0 Å². The van der Waals surface area contributed by atoms with E-state index in [9.17, 15) is 0 Å². The predicted octanol–water partition coefficient (Wildman–Crippen LogP) is 0.739. The molecule has 0 aliphatic carbocycles. The van der Waals surface area contributed by atoms with Gasteiger partial charge in [-0.1, -0.05) is 0 Å². The van der Waals surface area contributed by atoms with E-state index in [0.717, 1.165) is 6.54 Å². The van der Waals surface area contributed by atoms with E-state index >= 15 is 0 Å². The van der Waals surface area contributed by atoms with Crippen LogP contribution < -0.4 is 0 Å². The van der Waals surface area contributed by atoms with E-state index in [0.29, 0.717) is 6.17 Å². The number of hydrogen-bond donors (Lipinski definition) is 0. The van der Waals surface area contributed by atoms with Crippen molar-refractivity contribution in [2.24, 2.45) is 4.99 Å². The van der Waals surface area contributed by atoms with Crippen LogP contribution in [0.2, 0.25) is 0 Å². The smallest absolute Gasteiger partial charge is 0.0991 e. The second kappa shape index (κ2) is 1.86. The first kappa shape index (κ1) is 5.76. The van der Waals surface area contributed by atoms with Crippen LogP contribution in [0, 0.1) is 0 Å². The van der Waals surface area contributed by atoms with Gasteiger partial charge in [0.05, 0.1) is 6.17 Å². The van der Waals surface area contributed by atoms with Crippen molar-refractivity contribution in [3.63, 3.8) is 0 Å². The van der Waals surface area contributed by atoms with Gasteiger partial charge in [-0.15, -0.1) is 0 Å². The lowest BCUT2D eigenvalue weighted by atomic mass is 10.4. The molecule has 1 atom stereocenters. The molecule has 2 heteroatoms. The van der Waals surface area contributed by atoms with Crippen LogP contribution in [-0.2, 0) is 0 Å². The zero-order valence-electron chi connectivity index (χ0n) is 5.68. The molecule has 46 valence electrons. The standard InChI is InChI=1S/C6H12N2/c1-5-4-8(3)6(2)7-5/h6H,4H2,1-3H3. The normalized spacial score (nSPS) is 30.9. The van der Waals surface area contributed by atoms with Crippen molar-refractivity contribution in [2.45, 2.75) is 20.0 Å². The molecule has 0 aromatic heterocycles. The van der Waals surface area contributed by atoms with E-state index in [4.69, 9.17) is 0 Å². The van der Waals surface area contributed by atoms with E-state index in [-0.39, 0.29) is 0 Å². The van der Waals surface area contributed by atoms with E-state index in [1.54, 1.807) is 0 Å². The van der Waals surface area contributed by atoms with Crippen molar-refractivity contribution in [2.75, 3.05) is 13.6 Å². The lowest BCUT2D eigenvalue weighted by Crippen LogP contribution is -2.23. The van der Waals surface area contributed by atoms with Crippen molar-refractivity contribution >= 4 is 5.71 Å². The molecule has 1 unspecified atom stereocenters. The third kappa shape index (κ3) is 0.892. The Bertz CT molecular complexity index is 118. The van der Waals surface area contributed by atoms with Crippen molar-refractivity contribution in [1.82, 2.24) is 4.90 Å². The summed E-state index contributed by atoms with van der Waals surface area (Å²) in [6.07, 6.45) is 0.412. The largest absolute Gasteiger partial charge is 0.280 e. The average molecular weight is 112 g/mol. The molecule has 1 aliphatic rings. The molecule has 0 spiro atoms. The van der Waals surface area contributed by atoms with E-state index in [2.05, 4.69) is 30.8 Å². The third-order valence-electron chi connectivity index (χ3n) is 1.52. The molecule has 0 aromatic rings. The summed E-state index contributed by atoms with van der Waals surface area (Å²) < 4.78 is 0. The summed E-state index contributed by atoms with van der Waals surface area (Å²) in [6, 6.07) is 0. The second-order valence-electron chi connectivity index (χ2n) is 2.41. The van der Waals surface area contributed by atoms with Crippen molar-refractivity contribution < 1.29 is 0 Å². The highest BCUT2D eigenvalue weighted by Crippen LogP contribution is 2.04. The fraction of sp³-hybridized carbons (Fsp3) is 0.833. The Morgan fingerprint density at radius 3 is 2.50 bits per heavy atom. The molecule has 0 radical (unpaired) electrons. The number of aliphatic imine (C=N–C) groups is 1. The highest BCUT2D eigenvalue weighted by molar-refractivity contribution is 5.85. The van der Waals surface area contributed by atoms with Crippen LogP contribution >= 0.6 is 0 Å². The Labute approximate surface area is 50.2 Å². The van der Waals surface area contributed by atoms with Gasteiger partial charge in [0.15, 0.2) is 0 Å². The molecule has 0 fully saturated rings. The van der Waals surface area contributed by atoms with E-state index < -0.39 is 0 Å². The maximum atomic E-state index is 4.31. The maximum absolute atomic E-state index is 4.31. The van der Waals surface area contributed by atoms with Gasteiger partial charge in [0, 0.05) is 12.3 Å². The Kier molecular flexibility index (Phi) is 1.34. The molecule has 0 aromatic carbocycles. The van der Waals surface area contributed by atoms with E-state index in [1.807, 2.05) is 0 Å². The van der Waals surface area contributed by atoms with Crippen LogP contribution in [0.4, 0.5) is 0 Å². The van der Waals surface area contributed by atoms with Gasteiger partial charge in [0.25, 0.3) is 0 Å². The molecular weight excluding hydrogens is 100 g/mol. The minimum absolute atomic E-state index is 0.412. The first-order valence-corrected chi connectivity index (χ1v) is 2.93. The molecule has 0 N–H and O–H groups in total. The summed E-state index contributed by atoms with van der Waals surface area (Å²) in [7, 11) is 2.09. The SMILES string of the molecule is CC1=NC(C)N(C)C1. The predicted molar refractivity (Wildman–Crippen MR) is 35.2 cm³/mol. The zero-order valence-corrected chi connectivity index (χ0v) is 5.68. The van der Waals surface area contributed by atoms with Gasteiger partial charge in [-0.3, -0.25) is 9.89 Å². The van der Waals surface area contributed by atoms with Crippen molar-refractivity contribution in [3.8, 4) is 0 Å². The molecule has 0 saturated heterocycles. The number of hydrogen-bond acceptors (Lipinski definition) is 2. The first-order valence-electron chi connectivity index (χ1n) is 2.93. The summed E-state index contributed by atoms with van der Waals surface area (Å²) in [5.74, 6) is 0. The highest BCUT2D eigenvalue weighted by Gasteiger charge is 2.14. The molecule has 1 heterocycles. The van der Waals surface area contributed by atoms with Gasteiger partial charge in [0.1, 0.15) is 0 Å². The maximum Gasteiger partial charge on any atom is 0.0991 e. The van der Waals surface area contributed by atoms with Gasteiger partial charge < -0.3 is 0 Å². The van der Waals surface area contributed by atoms with Crippen LogP contribution in [0.15, 0.2) is 4.99 Å². The van der Waals surface area contributed by atoms with Gasteiger partial charge in [-0.25, -0.2) is 0 Å². The van der Waals surface area contributed by atoms with Crippen LogP contribution in [0.3, 0.4) is 0 Å². The van der Waals surface area contributed by atoms with Gasteiger partial charge in [-0.2, -0.15) is 0 Å². The Hall–Kier alpha value is -0.370. The first-order chi connectivity index (χ1) is 3.70. The molecule has 0 saturated carbocycles. The zero-order chi connectivity index (χ0) is 6.15. The van der Waals surface area contributed by atoms with Gasteiger partial charge in [-0.05, 0) is 20.9 Å². The van der Waals surface area contributed by atoms with E-state index in [1.165, 1.54) is 5.71 Å². The molecule has 2 nitrogen and oxygen atoms in total. The monoisotopic (exact) mass is 112 g/mol. The second-order valence-corrected chi connectivity index (χ2v) is 2.41. The van der Waals surface area contributed by atoms with Crippen LogP contribution in [-0.4, -0.2) is 30.4 Å². The number of nitrogens with zero attached hydrogens (tertiary/aromatic N) is 2. The average Bonchev–Trinajstić information content (AvgIpc) is 1.85. The summed E-state index contributed by atoms with van der Waals surface area (Å²) in [6.45, 7) is 5.22. The third-order valence-corrected chi connectivity index (χ3v) is 1.52. The summed E-state index contributed by atoms with van der Waals surface area (Å²) >= 11 is 0. The topological polar surface area (TPSA) is 15.6 Å². The summed E-state index contributed by atoms with van der Waals surface area (Å²) in [4.78, 5) is 6.53. The van der Waals surface area contributed by atoms with Gasteiger partial charge in [0.2, 0.25) is 0 Å². The fourth-order valence-corrected chi connectivity index (χ4v) is 0.951. The molecule has 0 bridgehead atoms. The minimum atomic E-state index is 0.412. The molecule has 0 amide bonds.